The second kappa shape index (κ2) is 9.24. The van der Waals surface area contributed by atoms with E-state index < -0.39 is 6.10 Å². The lowest BCUT2D eigenvalue weighted by Crippen LogP contribution is -2.43. The van der Waals surface area contributed by atoms with E-state index in [1.807, 2.05) is 12.1 Å². The number of nitrogens with one attached hydrogen (secondary N) is 2. The summed E-state index contributed by atoms with van der Waals surface area (Å²) in [5.74, 6) is 0.529. The van der Waals surface area contributed by atoms with Crippen molar-refractivity contribution in [1.82, 2.24) is 25.2 Å². The van der Waals surface area contributed by atoms with Crippen LogP contribution in [0, 0.1) is 0 Å². The number of benzene rings is 1. The molecule has 1 aliphatic rings. The number of aromatic amines is 1. The highest BCUT2D eigenvalue weighted by molar-refractivity contribution is 5.80. The van der Waals surface area contributed by atoms with Crippen LogP contribution in [0.1, 0.15) is 30.2 Å². The number of piperidine rings is 1. The number of para-hydroxylation sites is 1. The van der Waals surface area contributed by atoms with Crippen LogP contribution in [-0.2, 0) is 6.54 Å². The van der Waals surface area contributed by atoms with Gasteiger partial charge in [0, 0.05) is 48.2 Å². The van der Waals surface area contributed by atoms with Gasteiger partial charge in [-0.15, -0.1) is 0 Å². The number of aliphatic hydroxyl groups excluding tert-OH is 1. The highest BCUT2D eigenvalue weighted by Crippen LogP contribution is 2.25. The van der Waals surface area contributed by atoms with Gasteiger partial charge in [0.15, 0.2) is 0 Å². The van der Waals surface area contributed by atoms with E-state index in [1.165, 1.54) is 16.6 Å². The largest absolute Gasteiger partial charge is 0.481 e. The van der Waals surface area contributed by atoms with E-state index in [-0.39, 0.29) is 0 Å². The second-order valence-electron chi connectivity index (χ2n) is 8.47. The number of β-amino-alcohol motifs (C(OH)–C–C–N with tert-alkyl or cyclic N) is 1. The number of aliphatic hydroxyl groups is 1. The van der Waals surface area contributed by atoms with Gasteiger partial charge < -0.3 is 25.0 Å². The van der Waals surface area contributed by atoms with E-state index in [1.54, 1.807) is 19.4 Å². The van der Waals surface area contributed by atoms with Crippen LogP contribution in [0.5, 0.6) is 5.88 Å². The van der Waals surface area contributed by atoms with Crippen molar-refractivity contribution in [3.05, 3.63) is 66.0 Å². The number of aromatic nitrogens is 3. The molecule has 1 saturated heterocycles. The lowest BCUT2D eigenvalue weighted by molar-refractivity contribution is 0.0947. The third-order valence-corrected chi connectivity index (χ3v) is 6.34. The summed E-state index contributed by atoms with van der Waals surface area (Å²) in [7, 11) is 1.59. The van der Waals surface area contributed by atoms with Crippen molar-refractivity contribution < 1.29 is 9.84 Å². The summed E-state index contributed by atoms with van der Waals surface area (Å²) in [5.41, 5.74) is 4.67. The molecule has 0 bridgehead atoms. The number of H-pyrrole nitrogens is 1. The number of rotatable bonds is 7. The molecule has 0 aliphatic carbocycles. The van der Waals surface area contributed by atoms with Gasteiger partial charge >= 0.3 is 0 Å². The van der Waals surface area contributed by atoms with Gasteiger partial charge in [-0.25, -0.2) is 4.98 Å². The van der Waals surface area contributed by atoms with E-state index in [0.29, 0.717) is 24.0 Å². The molecule has 0 amide bonds. The van der Waals surface area contributed by atoms with E-state index >= 15 is 0 Å². The fraction of sp³-hybridized carbons (Fsp3) is 0.360. The predicted molar refractivity (Wildman–Crippen MR) is 126 cm³/mol. The molecule has 4 aromatic rings. The summed E-state index contributed by atoms with van der Waals surface area (Å²) in [6.07, 6.45) is 3.25. The molecule has 1 fully saturated rings. The quantitative estimate of drug-likeness (QED) is 0.416. The average molecular weight is 432 g/mol. The van der Waals surface area contributed by atoms with Gasteiger partial charge in [0.25, 0.3) is 0 Å². The first kappa shape index (κ1) is 20.9. The number of ether oxygens (including phenoxy) is 1. The van der Waals surface area contributed by atoms with Gasteiger partial charge in [-0.2, -0.15) is 0 Å². The van der Waals surface area contributed by atoms with Crippen molar-refractivity contribution in [3.8, 4) is 5.88 Å². The molecule has 166 valence electrons. The fourth-order valence-corrected chi connectivity index (χ4v) is 4.56. The van der Waals surface area contributed by atoms with Crippen molar-refractivity contribution in [2.45, 2.75) is 31.5 Å². The lowest BCUT2D eigenvalue weighted by Gasteiger charge is -2.33. The first-order valence-electron chi connectivity index (χ1n) is 11.2. The first-order chi connectivity index (χ1) is 15.7. The highest BCUT2D eigenvalue weighted by Gasteiger charge is 2.23. The zero-order valence-electron chi connectivity index (χ0n) is 18.3. The Morgan fingerprint density at radius 2 is 2.03 bits per heavy atom. The van der Waals surface area contributed by atoms with Crippen LogP contribution in [0.2, 0.25) is 0 Å². The monoisotopic (exact) mass is 431 g/mol. The Bertz CT molecular complexity index is 1170. The van der Waals surface area contributed by atoms with Crippen molar-refractivity contribution >= 4 is 21.9 Å². The van der Waals surface area contributed by atoms with Gasteiger partial charge in [-0.05, 0) is 55.6 Å². The molecule has 32 heavy (non-hydrogen) atoms. The molecule has 0 saturated carbocycles. The van der Waals surface area contributed by atoms with Crippen molar-refractivity contribution in [1.29, 1.82) is 0 Å². The zero-order valence-corrected chi connectivity index (χ0v) is 18.3. The minimum atomic E-state index is -0.615. The van der Waals surface area contributed by atoms with Gasteiger partial charge in [0.2, 0.25) is 5.88 Å². The standard InChI is InChI=1S/C25H29N5O2/c1-32-24-7-6-22-25(29-24)20(8-11-26-22)23(31)16-30-12-9-18(10-13-30)27-15-19-14-17-4-2-3-5-21(17)28-19/h2-8,11,14,18,23,27-28,31H,9-10,12-13,15-16H2,1H3/t23-/m0/s1. The van der Waals surface area contributed by atoms with E-state index in [2.05, 4.69) is 55.5 Å². The summed E-state index contributed by atoms with van der Waals surface area (Å²) in [6, 6.07) is 16.6. The van der Waals surface area contributed by atoms with Crippen molar-refractivity contribution in [3.63, 3.8) is 0 Å². The van der Waals surface area contributed by atoms with Crippen LogP contribution >= 0.6 is 0 Å². The van der Waals surface area contributed by atoms with Crippen LogP contribution in [-0.4, -0.2) is 57.7 Å². The topological polar surface area (TPSA) is 86.3 Å². The van der Waals surface area contributed by atoms with Crippen LogP contribution in [0.15, 0.2) is 54.7 Å². The Labute approximate surface area is 187 Å². The average Bonchev–Trinajstić information content (AvgIpc) is 3.26. The smallest absolute Gasteiger partial charge is 0.213 e. The van der Waals surface area contributed by atoms with E-state index in [0.717, 1.165) is 43.6 Å². The van der Waals surface area contributed by atoms with E-state index in [4.69, 9.17) is 4.74 Å². The Balaban J connectivity index is 1.16. The Morgan fingerprint density at radius 3 is 2.84 bits per heavy atom. The van der Waals surface area contributed by atoms with Gasteiger partial charge in [-0.3, -0.25) is 4.98 Å². The molecule has 4 heterocycles. The Morgan fingerprint density at radius 1 is 1.19 bits per heavy atom. The summed E-state index contributed by atoms with van der Waals surface area (Å²) in [6.45, 7) is 3.35. The van der Waals surface area contributed by atoms with Crippen molar-refractivity contribution in [2.24, 2.45) is 0 Å². The molecule has 7 heteroatoms. The van der Waals surface area contributed by atoms with Crippen LogP contribution in [0.25, 0.3) is 21.9 Å². The molecular formula is C25H29N5O2. The summed E-state index contributed by atoms with van der Waals surface area (Å²) >= 11 is 0. The van der Waals surface area contributed by atoms with Crippen molar-refractivity contribution in [2.75, 3.05) is 26.7 Å². The molecule has 1 aliphatic heterocycles. The molecule has 0 radical (unpaired) electrons. The molecule has 1 atom stereocenters. The zero-order chi connectivity index (χ0) is 21.9. The summed E-state index contributed by atoms with van der Waals surface area (Å²) in [4.78, 5) is 14.7. The number of methoxy groups -OCH3 is 1. The minimum absolute atomic E-state index is 0.488. The predicted octanol–water partition coefficient (Wildman–Crippen LogP) is 3.41. The number of pyridine rings is 2. The molecule has 1 aromatic carbocycles. The maximum Gasteiger partial charge on any atom is 0.213 e. The van der Waals surface area contributed by atoms with E-state index in [9.17, 15) is 5.11 Å². The molecule has 3 aromatic heterocycles. The first-order valence-corrected chi connectivity index (χ1v) is 11.2. The molecular weight excluding hydrogens is 402 g/mol. The highest BCUT2D eigenvalue weighted by atomic mass is 16.5. The fourth-order valence-electron chi connectivity index (χ4n) is 4.56. The number of hydrogen-bond acceptors (Lipinski definition) is 6. The van der Waals surface area contributed by atoms with Crippen LogP contribution < -0.4 is 10.1 Å². The second-order valence-corrected chi connectivity index (χ2v) is 8.47. The molecule has 0 spiro atoms. The normalized spacial score (nSPS) is 16.6. The minimum Gasteiger partial charge on any atom is -0.481 e. The molecule has 3 N–H and O–H groups in total. The maximum absolute atomic E-state index is 11.0. The van der Waals surface area contributed by atoms with Gasteiger partial charge in [0.1, 0.15) is 0 Å². The molecule has 7 nitrogen and oxygen atoms in total. The van der Waals surface area contributed by atoms with Gasteiger partial charge in [0.05, 0.1) is 24.2 Å². The number of nitrogens with zero attached hydrogens (tertiary/aromatic N) is 3. The Hall–Kier alpha value is -3.00. The Kier molecular flexibility index (Phi) is 6.03. The third-order valence-electron chi connectivity index (χ3n) is 6.34. The number of likely N-dealkylation sites (tertiary alicyclic amines) is 1. The summed E-state index contributed by atoms with van der Waals surface area (Å²) in [5, 5.41) is 15.9. The van der Waals surface area contributed by atoms with Crippen LogP contribution in [0.4, 0.5) is 0 Å². The maximum atomic E-state index is 11.0. The number of fused-ring (bicyclic) bond motifs is 2. The number of hydrogen-bond donors (Lipinski definition) is 3. The SMILES string of the molecule is COc1ccc2nccc([C@@H](O)CN3CCC(NCc4cc5ccccc5[nH]4)CC3)c2n1. The summed E-state index contributed by atoms with van der Waals surface area (Å²) < 4.78 is 5.25. The van der Waals surface area contributed by atoms with Gasteiger partial charge in [-0.1, -0.05) is 18.2 Å². The molecule has 0 unspecified atom stereocenters. The third kappa shape index (κ3) is 4.46. The van der Waals surface area contributed by atoms with Crippen LogP contribution in [0.3, 0.4) is 0 Å². The molecule has 5 rings (SSSR count). The lowest BCUT2D eigenvalue weighted by atomic mass is 10.0.